The van der Waals surface area contributed by atoms with E-state index < -0.39 is 11.6 Å². The van der Waals surface area contributed by atoms with E-state index in [1.54, 1.807) is 20.1 Å². The van der Waals surface area contributed by atoms with Crippen LogP contribution in [-0.2, 0) is 29.7 Å². The Morgan fingerprint density at radius 2 is 2.00 bits per heavy atom. The van der Waals surface area contributed by atoms with Crippen LogP contribution in [-0.4, -0.2) is 34.1 Å². The number of urea groups is 1. The number of aryl methyl sites for hydroxylation is 2. The third-order valence-electron chi connectivity index (χ3n) is 6.04. The van der Waals surface area contributed by atoms with E-state index in [0.29, 0.717) is 11.6 Å². The van der Waals surface area contributed by atoms with Gasteiger partial charge in [0.25, 0.3) is 5.91 Å². The summed E-state index contributed by atoms with van der Waals surface area (Å²) in [6.45, 7) is 1.64. The SMILES string of the molecule is COc1cccc(-c2noc(CN3C(=O)NC(C)(c4ccc5c(c4)CCC5)C3=O)n2)c1. The normalized spacial score (nSPS) is 20.1. The van der Waals surface area contributed by atoms with Crippen LogP contribution in [0.25, 0.3) is 11.4 Å². The van der Waals surface area contributed by atoms with E-state index in [-0.39, 0.29) is 18.3 Å². The number of amides is 3. The largest absolute Gasteiger partial charge is 0.497 e. The second-order valence-corrected chi connectivity index (χ2v) is 8.03. The van der Waals surface area contributed by atoms with Gasteiger partial charge in [0.05, 0.1) is 7.11 Å². The van der Waals surface area contributed by atoms with Crippen molar-refractivity contribution < 1.29 is 18.8 Å². The average molecular weight is 418 g/mol. The number of nitrogens with zero attached hydrogens (tertiary/aromatic N) is 3. The molecule has 3 aromatic rings. The lowest BCUT2D eigenvalue weighted by Gasteiger charge is -2.22. The van der Waals surface area contributed by atoms with Gasteiger partial charge >= 0.3 is 6.03 Å². The van der Waals surface area contributed by atoms with Gasteiger partial charge in [-0.3, -0.25) is 9.69 Å². The van der Waals surface area contributed by atoms with Crippen molar-refractivity contribution in [1.29, 1.82) is 0 Å². The van der Waals surface area contributed by atoms with E-state index in [1.807, 2.05) is 30.3 Å². The van der Waals surface area contributed by atoms with E-state index in [2.05, 4.69) is 21.5 Å². The number of fused-ring (bicyclic) bond motifs is 1. The Morgan fingerprint density at radius 1 is 1.16 bits per heavy atom. The van der Waals surface area contributed by atoms with Crippen LogP contribution >= 0.6 is 0 Å². The molecule has 1 saturated heterocycles. The van der Waals surface area contributed by atoms with Crippen molar-refractivity contribution in [1.82, 2.24) is 20.4 Å². The van der Waals surface area contributed by atoms with Crippen LogP contribution in [0.1, 0.15) is 35.9 Å². The summed E-state index contributed by atoms with van der Waals surface area (Å²) in [6.07, 6.45) is 3.18. The van der Waals surface area contributed by atoms with Gasteiger partial charge in [-0.1, -0.05) is 35.5 Å². The van der Waals surface area contributed by atoms with Gasteiger partial charge in [-0.2, -0.15) is 4.98 Å². The molecule has 1 fully saturated rings. The first kappa shape index (κ1) is 19.3. The van der Waals surface area contributed by atoms with Gasteiger partial charge in [-0.15, -0.1) is 0 Å². The number of nitrogens with one attached hydrogen (secondary N) is 1. The highest BCUT2D eigenvalue weighted by atomic mass is 16.5. The van der Waals surface area contributed by atoms with Gasteiger partial charge in [0.1, 0.15) is 17.8 Å². The maximum Gasteiger partial charge on any atom is 0.325 e. The number of rotatable bonds is 5. The number of ether oxygens (including phenoxy) is 1. The monoisotopic (exact) mass is 418 g/mol. The molecule has 158 valence electrons. The molecular formula is C23H22N4O4. The first-order valence-electron chi connectivity index (χ1n) is 10.2. The second-order valence-electron chi connectivity index (χ2n) is 8.03. The minimum Gasteiger partial charge on any atom is -0.497 e. The molecule has 2 heterocycles. The van der Waals surface area contributed by atoms with Crippen molar-refractivity contribution in [2.24, 2.45) is 0 Å². The van der Waals surface area contributed by atoms with Gasteiger partial charge in [-0.05, 0) is 55.0 Å². The molecule has 1 N–H and O–H groups in total. The quantitative estimate of drug-likeness (QED) is 0.639. The number of hydrogen-bond acceptors (Lipinski definition) is 6. The van der Waals surface area contributed by atoms with Gasteiger partial charge in [0.2, 0.25) is 11.7 Å². The Bertz CT molecular complexity index is 1190. The number of hydrogen-bond donors (Lipinski definition) is 1. The van der Waals surface area contributed by atoms with Crippen LogP contribution in [0, 0.1) is 0 Å². The fraction of sp³-hybridized carbons (Fsp3) is 0.304. The van der Waals surface area contributed by atoms with E-state index in [4.69, 9.17) is 9.26 Å². The molecule has 1 atom stereocenters. The summed E-state index contributed by atoms with van der Waals surface area (Å²) in [5.41, 5.74) is 2.95. The van der Waals surface area contributed by atoms with Gasteiger partial charge in [-0.25, -0.2) is 4.79 Å². The molecule has 1 aliphatic carbocycles. The minimum atomic E-state index is -1.12. The second kappa shape index (κ2) is 7.23. The first-order valence-corrected chi connectivity index (χ1v) is 10.2. The third kappa shape index (κ3) is 3.24. The van der Waals surface area contributed by atoms with Gasteiger partial charge in [0, 0.05) is 5.56 Å². The van der Waals surface area contributed by atoms with Crippen molar-refractivity contribution >= 4 is 11.9 Å². The molecule has 2 aliphatic rings. The summed E-state index contributed by atoms with van der Waals surface area (Å²) in [5, 5.41) is 6.82. The molecule has 8 heteroatoms. The molecule has 1 aromatic heterocycles. The van der Waals surface area contributed by atoms with Crippen LogP contribution in [0.3, 0.4) is 0 Å². The van der Waals surface area contributed by atoms with Crippen molar-refractivity contribution in [3.8, 4) is 17.1 Å². The lowest BCUT2D eigenvalue weighted by atomic mass is 9.90. The van der Waals surface area contributed by atoms with Crippen molar-refractivity contribution in [2.45, 2.75) is 38.3 Å². The minimum absolute atomic E-state index is 0.0951. The van der Waals surface area contributed by atoms with Gasteiger partial charge < -0.3 is 14.6 Å². The number of carbonyl (C=O) groups excluding carboxylic acids is 2. The van der Waals surface area contributed by atoms with Crippen molar-refractivity contribution in [3.63, 3.8) is 0 Å². The first-order chi connectivity index (χ1) is 15.0. The summed E-state index contributed by atoms with van der Waals surface area (Å²) in [6, 6.07) is 12.8. The topological polar surface area (TPSA) is 97.6 Å². The smallest absolute Gasteiger partial charge is 0.325 e. The maximum atomic E-state index is 13.2. The Labute approximate surface area is 179 Å². The fourth-order valence-electron chi connectivity index (χ4n) is 4.25. The zero-order valence-electron chi connectivity index (χ0n) is 17.3. The Kier molecular flexibility index (Phi) is 4.50. The summed E-state index contributed by atoms with van der Waals surface area (Å²) in [4.78, 5) is 31.4. The van der Waals surface area contributed by atoms with Crippen LogP contribution in [0.4, 0.5) is 4.79 Å². The summed E-state index contributed by atoms with van der Waals surface area (Å²) >= 11 is 0. The molecule has 1 unspecified atom stereocenters. The number of carbonyl (C=O) groups is 2. The molecule has 8 nitrogen and oxygen atoms in total. The third-order valence-corrected chi connectivity index (χ3v) is 6.04. The number of methoxy groups -OCH3 is 1. The highest BCUT2D eigenvalue weighted by molar-refractivity contribution is 6.07. The molecule has 0 bridgehead atoms. The Hall–Kier alpha value is -3.68. The van der Waals surface area contributed by atoms with Gasteiger partial charge in [0.15, 0.2) is 0 Å². The predicted molar refractivity (Wildman–Crippen MR) is 111 cm³/mol. The van der Waals surface area contributed by atoms with Crippen LogP contribution in [0.15, 0.2) is 47.0 Å². The molecule has 0 radical (unpaired) electrons. The highest BCUT2D eigenvalue weighted by Gasteiger charge is 2.49. The van der Waals surface area contributed by atoms with E-state index in [9.17, 15) is 9.59 Å². The summed E-state index contributed by atoms with van der Waals surface area (Å²) < 4.78 is 10.5. The molecule has 0 spiro atoms. The highest BCUT2D eigenvalue weighted by Crippen LogP contribution is 2.33. The van der Waals surface area contributed by atoms with E-state index >= 15 is 0 Å². The van der Waals surface area contributed by atoms with Crippen LogP contribution in [0.2, 0.25) is 0 Å². The van der Waals surface area contributed by atoms with E-state index in [0.717, 1.165) is 35.3 Å². The predicted octanol–water partition coefficient (Wildman–Crippen LogP) is 3.20. The molecule has 5 rings (SSSR count). The zero-order chi connectivity index (χ0) is 21.6. The average Bonchev–Trinajstić information content (AvgIpc) is 3.49. The van der Waals surface area contributed by atoms with Crippen LogP contribution < -0.4 is 10.1 Å². The molecule has 2 aromatic carbocycles. The number of aromatic nitrogens is 2. The lowest BCUT2D eigenvalue weighted by molar-refractivity contribution is -0.131. The number of benzene rings is 2. The summed E-state index contributed by atoms with van der Waals surface area (Å²) in [5.74, 6) is 0.876. The van der Waals surface area contributed by atoms with Crippen molar-refractivity contribution in [3.05, 3.63) is 65.0 Å². The molecular weight excluding hydrogens is 396 g/mol. The molecule has 3 amide bonds. The standard InChI is InChI=1S/C23H22N4O4/c1-23(17-10-9-14-5-3-6-15(14)11-17)21(28)27(22(29)25-23)13-19-24-20(26-31-19)16-7-4-8-18(12-16)30-2/h4,7-12H,3,5-6,13H2,1-2H3,(H,25,29). The molecule has 1 aliphatic heterocycles. The lowest BCUT2D eigenvalue weighted by Crippen LogP contribution is -2.41. The molecule has 0 saturated carbocycles. The number of imide groups is 1. The fourth-order valence-corrected chi connectivity index (χ4v) is 4.25. The zero-order valence-corrected chi connectivity index (χ0v) is 17.3. The Morgan fingerprint density at radius 3 is 2.84 bits per heavy atom. The van der Waals surface area contributed by atoms with E-state index in [1.165, 1.54) is 11.1 Å². The maximum absolute atomic E-state index is 13.2. The molecule has 31 heavy (non-hydrogen) atoms. The van der Waals surface area contributed by atoms with Crippen LogP contribution in [0.5, 0.6) is 5.75 Å². The Balaban J connectivity index is 1.38. The van der Waals surface area contributed by atoms with Crippen molar-refractivity contribution in [2.75, 3.05) is 7.11 Å². The summed E-state index contributed by atoms with van der Waals surface area (Å²) in [7, 11) is 1.58.